The molecule has 1 saturated carbocycles. The monoisotopic (exact) mass is 252 g/mol. The number of hydrogen-bond acceptors (Lipinski definition) is 4. The normalized spacial score (nSPS) is 25.6. The molecule has 3 aliphatic rings. The van der Waals surface area contributed by atoms with Crippen molar-refractivity contribution >= 4 is 17.9 Å². The minimum Gasteiger partial charge on any atom is -0.439 e. The molecule has 0 spiro atoms. The molecule has 3 fully saturated rings. The van der Waals surface area contributed by atoms with E-state index < -0.39 is 6.09 Å². The molecule has 0 aromatic heterocycles. The summed E-state index contributed by atoms with van der Waals surface area (Å²) in [4.78, 5) is 37.7. The second kappa shape index (κ2) is 4.26. The van der Waals surface area contributed by atoms with Crippen molar-refractivity contribution in [2.45, 2.75) is 31.7 Å². The molecular formula is C12H16N2O4. The number of ether oxygens (including phenoxy) is 1. The van der Waals surface area contributed by atoms with Crippen LogP contribution in [-0.4, -0.2) is 53.4 Å². The fourth-order valence-electron chi connectivity index (χ4n) is 2.95. The second-order valence-electron chi connectivity index (χ2n) is 5.20. The van der Waals surface area contributed by atoms with Gasteiger partial charge in [0.1, 0.15) is 0 Å². The lowest BCUT2D eigenvalue weighted by molar-refractivity contribution is -0.145. The molecule has 1 aliphatic carbocycles. The van der Waals surface area contributed by atoms with Gasteiger partial charge in [-0.3, -0.25) is 9.59 Å². The Morgan fingerprint density at radius 1 is 1.17 bits per heavy atom. The maximum Gasteiger partial charge on any atom is 0.417 e. The van der Waals surface area contributed by atoms with Gasteiger partial charge in [-0.1, -0.05) is 12.8 Å². The fourth-order valence-corrected chi connectivity index (χ4v) is 2.95. The van der Waals surface area contributed by atoms with Gasteiger partial charge in [-0.15, -0.1) is 0 Å². The third kappa shape index (κ3) is 1.76. The van der Waals surface area contributed by atoms with Crippen LogP contribution in [0.2, 0.25) is 0 Å². The molecule has 0 atom stereocenters. The first-order valence-electron chi connectivity index (χ1n) is 6.44. The standard InChI is InChI=1S/C12H16N2O4/c15-10-7-18-12(17)14(10)9-5-13(6-9)11(16)8-3-1-2-4-8/h8-9H,1-7H2. The molecule has 0 radical (unpaired) electrons. The molecule has 0 unspecified atom stereocenters. The van der Waals surface area contributed by atoms with E-state index in [0.717, 1.165) is 30.6 Å². The molecule has 3 rings (SSSR count). The van der Waals surface area contributed by atoms with E-state index in [0.29, 0.717) is 13.1 Å². The molecule has 0 aromatic carbocycles. The van der Waals surface area contributed by atoms with Crippen LogP contribution < -0.4 is 0 Å². The maximum atomic E-state index is 12.1. The van der Waals surface area contributed by atoms with E-state index in [-0.39, 0.29) is 30.4 Å². The zero-order chi connectivity index (χ0) is 12.7. The molecule has 2 aliphatic heterocycles. The van der Waals surface area contributed by atoms with E-state index >= 15 is 0 Å². The molecule has 3 amide bonds. The van der Waals surface area contributed by atoms with Crippen LogP contribution in [0.4, 0.5) is 4.79 Å². The maximum absolute atomic E-state index is 12.1. The fraction of sp³-hybridized carbons (Fsp3) is 0.750. The predicted molar refractivity (Wildman–Crippen MR) is 60.5 cm³/mol. The summed E-state index contributed by atoms with van der Waals surface area (Å²) >= 11 is 0. The van der Waals surface area contributed by atoms with Crippen molar-refractivity contribution in [3.63, 3.8) is 0 Å². The van der Waals surface area contributed by atoms with E-state index in [1.165, 1.54) is 0 Å². The number of likely N-dealkylation sites (tertiary alicyclic amines) is 1. The molecule has 0 bridgehead atoms. The van der Waals surface area contributed by atoms with E-state index in [4.69, 9.17) is 0 Å². The van der Waals surface area contributed by atoms with E-state index in [1.807, 2.05) is 0 Å². The summed E-state index contributed by atoms with van der Waals surface area (Å²) in [6, 6.07) is -0.183. The Morgan fingerprint density at radius 2 is 1.83 bits per heavy atom. The molecule has 0 aromatic rings. The largest absolute Gasteiger partial charge is 0.439 e. The van der Waals surface area contributed by atoms with Crippen molar-refractivity contribution in [2.75, 3.05) is 19.7 Å². The van der Waals surface area contributed by atoms with Gasteiger partial charge >= 0.3 is 6.09 Å². The quantitative estimate of drug-likeness (QED) is 0.712. The van der Waals surface area contributed by atoms with Gasteiger partial charge in [0.05, 0.1) is 6.04 Å². The van der Waals surface area contributed by atoms with Gasteiger partial charge in [0.2, 0.25) is 5.91 Å². The highest BCUT2D eigenvalue weighted by Gasteiger charge is 2.45. The highest BCUT2D eigenvalue weighted by molar-refractivity contribution is 5.98. The highest BCUT2D eigenvalue weighted by Crippen LogP contribution is 2.29. The summed E-state index contributed by atoms with van der Waals surface area (Å²) in [7, 11) is 0. The smallest absolute Gasteiger partial charge is 0.417 e. The first kappa shape index (κ1) is 11.5. The molecule has 98 valence electrons. The first-order valence-corrected chi connectivity index (χ1v) is 6.44. The van der Waals surface area contributed by atoms with Crippen molar-refractivity contribution in [3.05, 3.63) is 0 Å². The van der Waals surface area contributed by atoms with Gasteiger partial charge in [-0.2, -0.15) is 0 Å². The Morgan fingerprint density at radius 3 is 2.39 bits per heavy atom. The van der Waals surface area contributed by atoms with Crippen LogP contribution in [0.3, 0.4) is 0 Å². The van der Waals surface area contributed by atoms with Crippen LogP contribution >= 0.6 is 0 Å². The summed E-state index contributed by atoms with van der Waals surface area (Å²) in [5, 5.41) is 0. The Labute approximate surface area is 105 Å². The van der Waals surface area contributed by atoms with E-state index in [9.17, 15) is 14.4 Å². The lowest BCUT2D eigenvalue weighted by Gasteiger charge is -2.43. The number of carbonyl (C=O) groups excluding carboxylic acids is 3. The van der Waals surface area contributed by atoms with Gasteiger partial charge in [0.15, 0.2) is 6.61 Å². The lowest BCUT2D eigenvalue weighted by atomic mass is 10.0. The van der Waals surface area contributed by atoms with Gasteiger partial charge in [-0.25, -0.2) is 9.69 Å². The number of carbonyl (C=O) groups is 3. The Kier molecular flexibility index (Phi) is 2.72. The third-order valence-electron chi connectivity index (χ3n) is 4.03. The SMILES string of the molecule is O=C(C1CCCC1)N1CC(N2C(=O)COC2=O)C1. The summed E-state index contributed by atoms with van der Waals surface area (Å²) in [5.74, 6) is 0.0499. The first-order chi connectivity index (χ1) is 8.66. The zero-order valence-electron chi connectivity index (χ0n) is 10.1. The van der Waals surface area contributed by atoms with Crippen molar-refractivity contribution in [1.29, 1.82) is 0 Å². The number of cyclic esters (lactones) is 1. The highest BCUT2D eigenvalue weighted by atomic mass is 16.6. The van der Waals surface area contributed by atoms with Crippen LogP contribution in [0.15, 0.2) is 0 Å². The van der Waals surface area contributed by atoms with Crippen LogP contribution in [0.25, 0.3) is 0 Å². The molecule has 2 saturated heterocycles. The Hall–Kier alpha value is -1.59. The average molecular weight is 252 g/mol. The average Bonchev–Trinajstić information content (AvgIpc) is 2.90. The van der Waals surface area contributed by atoms with Crippen LogP contribution in [0.1, 0.15) is 25.7 Å². The molecule has 6 nitrogen and oxygen atoms in total. The molecule has 0 N–H and O–H groups in total. The second-order valence-corrected chi connectivity index (χ2v) is 5.20. The van der Waals surface area contributed by atoms with E-state index in [2.05, 4.69) is 4.74 Å². The van der Waals surface area contributed by atoms with Crippen molar-refractivity contribution in [2.24, 2.45) is 5.92 Å². The minimum absolute atomic E-state index is 0.159. The van der Waals surface area contributed by atoms with Crippen LogP contribution in [-0.2, 0) is 14.3 Å². The van der Waals surface area contributed by atoms with Crippen molar-refractivity contribution in [3.8, 4) is 0 Å². The van der Waals surface area contributed by atoms with Crippen LogP contribution in [0.5, 0.6) is 0 Å². The molecule has 2 heterocycles. The zero-order valence-corrected chi connectivity index (χ0v) is 10.1. The summed E-state index contributed by atoms with van der Waals surface area (Å²) in [6.07, 6.45) is 3.64. The van der Waals surface area contributed by atoms with Gasteiger partial charge in [0, 0.05) is 19.0 Å². The van der Waals surface area contributed by atoms with Crippen molar-refractivity contribution in [1.82, 2.24) is 9.80 Å². The minimum atomic E-state index is -0.571. The third-order valence-corrected chi connectivity index (χ3v) is 4.03. The number of hydrogen-bond donors (Lipinski definition) is 0. The van der Waals surface area contributed by atoms with Gasteiger partial charge in [-0.05, 0) is 12.8 Å². The number of rotatable bonds is 2. The summed E-state index contributed by atoms with van der Waals surface area (Å²) in [5.41, 5.74) is 0. The summed E-state index contributed by atoms with van der Waals surface area (Å²) < 4.78 is 4.66. The molecule has 18 heavy (non-hydrogen) atoms. The summed E-state index contributed by atoms with van der Waals surface area (Å²) in [6.45, 7) is 0.776. The van der Waals surface area contributed by atoms with E-state index in [1.54, 1.807) is 4.90 Å². The molecule has 6 heteroatoms. The lowest BCUT2D eigenvalue weighted by Crippen LogP contribution is -2.63. The predicted octanol–water partition coefficient (Wildman–Crippen LogP) is 0.366. The van der Waals surface area contributed by atoms with Crippen molar-refractivity contribution < 1.29 is 19.1 Å². The van der Waals surface area contributed by atoms with Gasteiger partial charge in [0.25, 0.3) is 5.91 Å². The Balaban J connectivity index is 1.55. The number of nitrogens with zero attached hydrogens (tertiary/aromatic N) is 2. The topological polar surface area (TPSA) is 66.9 Å². The van der Waals surface area contributed by atoms with Gasteiger partial charge < -0.3 is 9.64 Å². The molecular weight excluding hydrogens is 236 g/mol. The number of imide groups is 1. The Bertz CT molecular complexity index is 381. The number of amides is 3. The van der Waals surface area contributed by atoms with Crippen LogP contribution in [0, 0.1) is 5.92 Å².